The molecule has 0 unspecified atom stereocenters. The van der Waals surface area contributed by atoms with Crippen molar-refractivity contribution in [2.75, 3.05) is 7.11 Å². The maximum atomic E-state index is 14.0. The second-order valence-electron chi connectivity index (χ2n) is 6.05. The van der Waals surface area contributed by atoms with Crippen LogP contribution in [0.15, 0.2) is 53.0 Å². The fourth-order valence-corrected chi connectivity index (χ4v) is 2.93. The van der Waals surface area contributed by atoms with Gasteiger partial charge in [0, 0.05) is 16.7 Å². The summed E-state index contributed by atoms with van der Waals surface area (Å²) in [7, 11) is 1.51. The van der Waals surface area contributed by atoms with Crippen LogP contribution in [0.2, 0.25) is 0 Å². The summed E-state index contributed by atoms with van der Waals surface area (Å²) in [6.45, 7) is 0. The Balaban J connectivity index is 1.96. The third kappa shape index (κ3) is 4.79. The third-order valence-electron chi connectivity index (χ3n) is 4.12. The fourth-order valence-electron chi connectivity index (χ4n) is 2.48. The lowest BCUT2D eigenvalue weighted by Crippen LogP contribution is -2.01. The van der Waals surface area contributed by atoms with E-state index in [-0.39, 0.29) is 5.56 Å². The molecule has 3 aromatic carbocycles. The molecular weight excluding hydrogens is 476 g/mol. The molecule has 0 atom stereocenters. The molecule has 0 fully saturated rings. The van der Waals surface area contributed by atoms with Gasteiger partial charge in [-0.3, -0.25) is 4.79 Å². The number of ether oxygens (including phenoxy) is 1. The highest BCUT2D eigenvalue weighted by molar-refractivity contribution is 9.10. The predicted molar refractivity (Wildman–Crippen MR) is 111 cm³/mol. The molecule has 0 aliphatic heterocycles. The Morgan fingerprint density at radius 3 is 2.00 bits per heavy atom. The molecular formula is C24H11BrF4O2. The minimum atomic E-state index is -1.96. The van der Waals surface area contributed by atoms with Gasteiger partial charge < -0.3 is 4.74 Å². The molecule has 0 spiro atoms. The van der Waals surface area contributed by atoms with Crippen LogP contribution in [0.25, 0.3) is 0 Å². The minimum absolute atomic E-state index is 0.286. The van der Waals surface area contributed by atoms with Gasteiger partial charge >= 0.3 is 0 Å². The van der Waals surface area contributed by atoms with Gasteiger partial charge in [-0.2, -0.15) is 0 Å². The normalized spacial score (nSPS) is 9.87. The highest BCUT2D eigenvalue weighted by atomic mass is 79.9. The van der Waals surface area contributed by atoms with Crippen molar-refractivity contribution in [3.05, 3.63) is 98.5 Å². The molecule has 7 heteroatoms. The van der Waals surface area contributed by atoms with E-state index in [1.807, 2.05) is 0 Å². The molecule has 2 nitrogen and oxygen atoms in total. The molecule has 154 valence electrons. The van der Waals surface area contributed by atoms with Crippen LogP contribution in [-0.4, -0.2) is 12.9 Å². The van der Waals surface area contributed by atoms with Gasteiger partial charge in [-0.1, -0.05) is 29.9 Å². The van der Waals surface area contributed by atoms with Gasteiger partial charge in [0.1, 0.15) is 5.75 Å². The summed E-state index contributed by atoms with van der Waals surface area (Å²) in [5.41, 5.74) is 0.319. The van der Waals surface area contributed by atoms with E-state index in [1.165, 1.54) is 13.2 Å². The second-order valence-corrected chi connectivity index (χ2v) is 6.84. The van der Waals surface area contributed by atoms with Crippen LogP contribution in [0, 0.1) is 47.0 Å². The van der Waals surface area contributed by atoms with Crippen molar-refractivity contribution in [2.45, 2.75) is 0 Å². The Morgan fingerprint density at radius 1 is 0.806 bits per heavy atom. The summed E-state index contributed by atoms with van der Waals surface area (Å²) < 4.78 is 58.9. The van der Waals surface area contributed by atoms with E-state index in [9.17, 15) is 22.4 Å². The summed E-state index contributed by atoms with van der Waals surface area (Å²) in [6.07, 6.45) is 0. The SMILES string of the molecule is COc1ccc(C(=O)C#Cc2ccccc2C#Cc2c(F)c(F)c(F)c(F)c2Br)cc1. The Kier molecular flexibility index (Phi) is 6.79. The summed E-state index contributed by atoms with van der Waals surface area (Å²) in [6, 6.07) is 12.8. The number of ketones is 1. The number of rotatable bonds is 2. The molecule has 0 N–H and O–H groups in total. The van der Waals surface area contributed by atoms with Gasteiger partial charge in [-0.15, -0.1) is 0 Å². The summed E-state index contributed by atoms with van der Waals surface area (Å²) in [5, 5.41) is 0. The van der Waals surface area contributed by atoms with Crippen LogP contribution in [0.3, 0.4) is 0 Å². The molecule has 0 saturated heterocycles. The van der Waals surface area contributed by atoms with Crippen molar-refractivity contribution in [2.24, 2.45) is 0 Å². The van der Waals surface area contributed by atoms with Crippen molar-refractivity contribution < 1.29 is 27.1 Å². The van der Waals surface area contributed by atoms with Crippen LogP contribution in [-0.2, 0) is 0 Å². The smallest absolute Gasteiger partial charge is 0.236 e. The van der Waals surface area contributed by atoms with E-state index in [0.29, 0.717) is 16.9 Å². The quantitative estimate of drug-likeness (QED) is 0.154. The van der Waals surface area contributed by atoms with Crippen molar-refractivity contribution >= 4 is 21.7 Å². The Morgan fingerprint density at radius 2 is 1.39 bits per heavy atom. The maximum Gasteiger partial charge on any atom is 0.236 e. The van der Waals surface area contributed by atoms with Gasteiger partial charge in [0.15, 0.2) is 23.3 Å². The molecule has 0 radical (unpaired) electrons. The van der Waals surface area contributed by atoms with Gasteiger partial charge in [-0.05, 0) is 58.2 Å². The van der Waals surface area contributed by atoms with E-state index in [1.54, 1.807) is 42.5 Å². The number of benzene rings is 3. The zero-order valence-corrected chi connectivity index (χ0v) is 17.4. The first-order chi connectivity index (χ1) is 14.8. The van der Waals surface area contributed by atoms with Crippen LogP contribution in [0.4, 0.5) is 17.6 Å². The lowest BCUT2D eigenvalue weighted by atomic mass is 10.1. The number of Topliss-reactive ketones (excluding diaryl/α,β-unsaturated/α-hetero) is 1. The van der Waals surface area contributed by atoms with Crippen LogP contribution in [0.5, 0.6) is 5.75 Å². The molecule has 0 aliphatic rings. The number of carbonyl (C=O) groups excluding carboxylic acids is 1. The van der Waals surface area contributed by atoms with Crippen LogP contribution in [0.1, 0.15) is 27.0 Å². The average molecular weight is 487 g/mol. The number of methoxy groups -OCH3 is 1. The molecule has 0 amide bonds. The Bertz CT molecular complexity index is 1260. The molecule has 0 aliphatic carbocycles. The molecule has 0 saturated carbocycles. The second kappa shape index (κ2) is 9.51. The molecule has 0 bridgehead atoms. The molecule has 3 rings (SSSR count). The van der Waals surface area contributed by atoms with E-state index >= 15 is 0 Å². The highest BCUT2D eigenvalue weighted by Gasteiger charge is 2.23. The zero-order valence-electron chi connectivity index (χ0n) is 15.8. The summed E-state index contributed by atoms with van der Waals surface area (Å²) in [4.78, 5) is 12.3. The van der Waals surface area contributed by atoms with Crippen LogP contribution < -0.4 is 4.74 Å². The van der Waals surface area contributed by atoms with Gasteiger partial charge in [0.05, 0.1) is 17.1 Å². The molecule has 0 heterocycles. The van der Waals surface area contributed by atoms with Crippen molar-refractivity contribution in [1.29, 1.82) is 0 Å². The zero-order chi connectivity index (χ0) is 22.5. The largest absolute Gasteiger partial charge is 0.497 e. The Hall–Kier alpha value is -3.55. The maximum absolute atomic E-state index is 14.0. The van der Waals surface area contributed by atoms with Crippen molar-refractivity contribution in [3.8, 4) is 29.4 Å². The monoisotopic (exact) mass is 486 g/mol. The number of carbonyl (C=O) groups is 1. The molecule has 3 aromatic rings. The van der Waals surface area contributed by atoms with Crippen LogP contribution >= 0.6 is 15.9 Å². The number of hydrogen-bond acceptors (Lipinski definition) is 2. The number of halogens is 5. The minimum Gasteiger partial charge on any atom is -0.497 e. The van der Waals surface area contributed by atoms with Gasteiger partial charge in [0.25, 0.3) is 0 Å². The highest BCUT2D eigenvalue weighted by Crippen LogP contribution is 2.28. The average Bonchev–Trinajstić information content (AvgIpc) is 2.80. The first-order valence-electron chi connectivity index (χ1n) is 8.66. The third-order valence-corrected chi connectivity index (χ3v) is 4.87. The standard InChI is InChI=1S/C24H11BrF4O2/c1-31-17-10-6-16(7-11-17)19(30)13-9-15-5-3-2-4-14(15)8-12-18-20(25)22(27)24(29)23(28)21(18)26/h2-7,10-11H,1H3. The summed E-state index contributed by atoms with van der Waals surface area (Å²) in [5.74, 6) is 3.10. The fraction of sp³-hybridized carbons (Fsp3) is 0.0417. The van der Waals surface area contributed by atoms with Gasteiger partial charge in [0.2, 0.25) is 5.78 Å². The van der Waals surface area contributed by atoms with E-state index in [0.717, 1.165) is 0 Å². The predicted octanol–water partition coefficient (Wildman–Crippen LogP) is 5.65. The van der Waals surface area contributed by atoms with E-state index < -0.39 is 39.1 Å². The van der Waals surface area contributed by atoms with E-state index in [4.69, 9.17) is 4.74 Å². The lowest BCUT2D eigenvalue weighted by Gasteiger charge is -2.04. The first-order valence-corrected chi connectivity index (χ1v) is 9.45. The Labute approximate surface area is 184 Å². The molecule has 0 aromatic heterocycles. The van der Waals surface area contributed by atoms with Gasteiger partial charge in [-0.25, -0.2) is 17.6 Å². The van der Waals surface area contributed by atoms with Crippen molar-refractivity contribution in [1.82, 2.24) is 0 Å². The molecule has 31 heavy (non-hydrogen) atoms. The summed E-state index contributed by atoms with van der Waals surface area (Å²) >= 11 is 2.69. The van der Waals surface area contributed by atoms with Crippen molar-refractivity contribution in [3.63, 3.8) is 0 Å². The topological polar surface area (TPSA) is 26.3 Å². The number of hydrogen-bond donors (Lipinski definition) is 0. The first kappa shape index (κ1) is 22.1. The van der Waals surface area contributed by atoms with E-state index in [2.05, 4.69) is 39.6 Å². The lowest BCUT2D eigenvalue weighted by molar-refractivity contribution is 0.105.